The van der Waals surface area contributed by atoms with Crippen molar-refractivity contribution in [1.29, 1.82) is 0 Å². The Labute approximate surface area is 202 Å². The first-order valence-corrected chi connectivity index (χ1v) is 12.3. The molecular formula is C25H22ClN3O4S. The molecule has 34 heavy (non-hydrogen) atoms. The van der Waals surface area contributed by atoms with Crippen LogP contribution in [0.2, 0.25) is 5.02 Å². The Morgan fingerprint density at radius 1 is 1.00 bits per heavy atom. The molecule has 1 amide bonds. The summed E-state index contributed by atoms with van der Waals surface area (Å²) in [6.07, 6.45) is 1.18. The van der Waals surface area contributed by atoms with E-state index in [1.807, 2.05) is 32.0 Å². The third kappa shape index (κ3) is 4.73. The molecule has 0 aliphatic carbocycles. The van der Waals surface area contributed by atoms with E-state index in [4.69, 9.17) is 11.6 Å². The number of carbonyl (C=O) groups is 1. The van der Waals surface area contributed by atoms with Gasteiger partial charge in [0.15, 0.2) is 0 Å². The molecule has 0 atom stereocenters. The van der Waals surface area contributed by atoms with Crippen LogP contribution in [0.3, 0.4) is 0 Å². The number of benzene rings is 2. The number of hydrogen-bond acceptors (Lipinski definition) is 5. The lowest BCUT2D eigenvalue weighted by atomic mass is 10.1. The molecule has 1 N–H and O–H groups in total. The van der Waals surface area contributed by atoms with Crippen LogP contribution in [-0.2, 0) is 21.2 Å². The van der Waals surface area contributed by atoms with E-state index in [0.717, 1.165) is 11.1 Å². The lowest BCUT2D eigenvalue weighted by molar-refractivity contribution is -0.116. The number of hydrogen-bond donors (Lipinski definition) is 1. The molecule has 4 rings (SSSR count). The molecule has 0 saturated heterocycles. The Morgan fingerprint density at radius 2 is 1.65 bits per heavy atom. The van der Waals surface area contributed by atoms with Crippen LogP contribution in [0, 0.1) is 20.8 Å². The van der Waals surface area contributed by atoms with Crippen LogP contribution in [0.25, 0.3) is 11.0 Å². The van der Waals surface area contributed by atoms with Gasteiger partial charge in [-0.1, -0.05) is 17.7 Å². The van der Waals surface area contributed by atoms with Crippen molar-refractivity contribution in [1.82, 2.24) is 9.55 Å². The van der Waals surface area contributed by atoms with Crippen LogP contribution < -0.4 is 10.7 Å². The zero-order chi connectivity index (χ0) is 24.6. The monoisotopic (exact) mass is 495 g/mol. The van der Waals surface area contributed by atoms with Crippen LogP contribution in [-0.4, -0.2) is 23.9 Å². The summed E-state index contributed by atoms with van der Waals surface area (Å²) in [5.74, 6) is -0.381. The molecule has 0 radical (unpaired) electrons. The molecule has 4 aromatic rings. The predicted molar refractivity (Wildman–Crippen MR) is 132 cm³/mol. The van der Waals surface area contributed by atoms with Crippen molar-refractivity contribution >= 4 is 44.1 Å². The number of aryl methyl sites for hydroxylation is 3. The van der Waals surface area contributed by atoms with E-state index < -0.39 is 20.2 Å². The minimum Gasteiger partial charge on any atom is -0.325 e. The maximum atomic E-state index is 13.3. The standard InChI is InChI=1S/C25H22ClN3O4S/c1-15-10-16(2)12-19(11-15)28-23(30)14-29-13-22(24(31)21-9-4-17(3)27-25(21)29)34(32,33)20-7-5-18(26)6-8-20/h4-13H,14H2,1-3H3,(H,28,30). The number of halogens is 1. The number of sulfone groups is 1. The maximum absolute atomic E-state index is 13.3. The zero-order valence-electron chi connectivity index (χ0n) is 18.8. The van der Waals surface area contributed by atoms with E-state index >= 15 is 0 Å². The average molecular weight is 496 g/mol. The van der Waals surface area contributed by atoms with Gasteiger partial charge in [0.05, 0.1) is 10.3 Å². The summed E-state index contributed by atoms with van der Waals surface area (Å²) in [5, 5.41) is 3.32. The van der Waals surface area contributed by atoms with Crippen molar-refractivity contribution in [2.75, 3.05) is 5.32 Å². The lowest BCUT2D eigenvalue weighted by Gasteiger charge is -2.14. The van der Waals surface area contributed by atoms with Crippen molar-refractivity contribution < 1.29 is 13.2 Å². The van der Waals surface area contributed by atoms with Gasteiger partial charge in [0.1, 0.15) is 17.1 Å². The number of amides is 1. The maximum Gasteiger partial charge on any atom is 0.244 e. The number of anilines is 1. The second-order valence-corrected chi connectivity index (χ2v) is 10.5. The van der Waals surface area contributed by atoms with Gasteiger partial charge in [0.25, 0.3) is 0 Å². The molecule has 0 fully saturated rings. The van der Waals surface area contributed by atoms with Gasteiger partial charge in [-0.25, -0.2) is 13.4 Å². The van der Waals surface area contributed by atoms with Gasteiger partial charge >= 0.3 is 0 Å². The Bertz CT molecular complexity index is 1570. The lowest BCUT2D eigenvalue weighted by Crippen LogP contribution is -2.24. The fraction of sp³-hybridized carbons (Fsp3) is 0.160. The van der Waals surface area contributed by atoms with E-state index in [2.05, 4.69) is 10.3 Å². The minimum absolute atomic E-state index is 0.0698. The summed E-state index contributed by atoms with van der Waals surface area (Å²) in [6, 6.07) is 14.4. The summed E-state index contributed by atoms with van der Waals surface area (Å²) in [5.41, 5.74) is 2.81. The molecule has 7 nitrogen and oxygen atoms in total. The van der Waals surface area contributed by atoms with E-state index in [0.29, 0.717) is 16.4 Å². The van der Waals surface area contributed by atoms with E-state index in [-0.39, 0.29) is 28.4 Å². The number of fused-ring (bicyclic) bond motifs is 1. The van der Waals surface area contributed by atoms with Gasteiger partial charge in [-0.2, -0.15) is 0 Å². The first-order valence-electron chi connectivity index (χ1n) is 10.4. The first-order chi connectivity index (χ1) is 16.0. The number of nitrogens with one attached hydrogen (secondary N) is 1. The topological polar surface area (TPSA) is 98.1 Å². The van der Waals surface area contributed by atoms with E-state index in [9.17, 15) is 18.0 Å². The molecule has 9 heteroatoms. The van der Waals surface area contributed by atoms with Gasteiger partial charge in [-0.05, 0) is 80.4 Å². The third-order valence-electron chi connectivity index (χ3n) is 5.26. The van der Waals surface area contributed by atoms with Crippen molar-refractivity contribution in [3.05, 3.63) is 92.9 Å². The zero-order valence-corrected chi connectivity index (χ0v) is 20.4. The van der Waals surface area contributed by atoms with Gasteiger partial charge < -0.3 is 9.88 Å². The summed E-state index contributed by atoms with van der Waals surface area (Å²) in [7, 11) is -4.17. The molecular weight excluding hydrogens is 474 g/mol. The molecule has 2 aromatic heterocycles. The third-order valence-corrected chi connectivity index (χ3v) is 7.28. The molecule has 0 unspecified atom stereocenters. The molecule has 0 bridgehead atoms. The Morgan fingerprint density at radius 3 is 2.29 bits per heavy atom. The highest BCUT2D eigenvalue weighted by Gasteiger charge is 2.25. The number of pyridine rings is 2. The van der Waals surface area contributed by atoms with Crippen LogP contribution in [0.15, 0.2) is 75.4 Å². The quantitative estimate of drug-likeness (QED) is 0.441. The van der Waals surface area contributed by atoms with Crippen LogP contribution in [0.5, 0.6) is 0 Å². The molecule has 2 aromatic carbocycles. The Kier molecular flexibility index (Phi) is 6.29. The molecule has 0 aliphatic heterocycles. The second-order valence-electron chi connectivity index (χ2n) is 8.16. The van der Waals surface area contributed by atoms with Gasteiger partial charge in [0.2, 0.25) is 21.2 Å². The fourth-order valence-corrected chi connectivity index (χ4v) is 5.28. The normalized spacial score (nSPS) is 11.5. The smallest absolute Gasteiger partial charge is 0.244 e. The van der Waals surface area contributed by atoms with Gasteiger partial charge in [-0.3, -0.25) is 9.59 Å². The number of carbonyl (C=O) groups excluding carboxylic acids is 1. The highest BCUT2D eigenvalue weighted by atomic mass is 35.5. The first kappa shape index (κ1) is 23.7. The highest BCUT2D eigenvalue weighted by molar-refractivity contribution is 7.91. The van der Waals surface area contributed by atoms with Crippen molar-refractivity contribution in [2.45, 2.75) is 37.1 Å². The van der Waals surface area contributed by atoms with Crippen molar-refractivity contribution in [2.24, 2.45) is 0 Å². The predicted octanol–water partition coefficient (Wildman–Crippen LogP) is 4.45. The van der Waals surface area contributed by atoms with Crippen molar-refractivity contribution in [3.63, 3.8) is 0 Å². The van der Waals surface area contributed by atoms with E-state index in [1.165, 1.54) is 41.1 Å². The molecule has 0 saturated carbocycles. The number of aromatic nitrogens is 2. The SMILES string of the molecule is Cc1cc(C)cc(NC(=O)Cn2cc(S(=O)(=O)c3ccc(Cl)cc3)c(=O)c3ccc(C)nc32)c1. The van der Waals surface area contributed by atoms with Crippen molar-refractivity contribution in [3.8, 4) is 0 Å². The minimum atomic E-state index is -4.17. The number of nitrogens with zero attached hydrogens (tertiary/aromatic N) is 2. The van der Waals surface area contributed by atoms with Gasteiger partial charge in [-0.15, -0.1) is 0 Å². The summed E-state index contributed by atoms with van der Waals surface area (Å²) in [6.45, 7) is 5.38. The van der Waals surface area contributed by atoms with Crippen LogP contribution in [0.4, 0.5) is 5.69 Å². The van der Waals surface area contributed by atoms with Crippen LogP contribution in [0.1, 0.15) is 16.8 Å². The Hall–Kier alpha value is -3.49. The average Bonchev–Trinajstić information content (AvgIpc) is 2.75. The second kappa shape index (κ2) is 9.04. The molecule has 0 aliphatic rings. The fourth-order valence-electron chi connectivity index (χ4n) is 3.79. The summed E-state index contributed by atoms with van der Waals surface area (Å²) < 4.78 is 28.0. The van der Waals surface area contributed by atoms with Gasteiger partial charge in [0, 0.05) is 22.6 Å². The van der Waals surface area contributed by atoms with E-state index in [1.54, 1.807) is 13.0 Å². The summed E-state index contributed by atoms with van der Waals surface area (Å²) in [4.78, 5) is 30.0. The largest absolute Gasteiger partial charge is 0.325 e. The molecule has 174 valence electrons. The highest BCUT2D eigenvalue weighted by Crippen LogP contribution is 2.23. The molecule has 0 spiro atoms. The molecule has 2 heterocycles. The number of rotatable bonds is 5. The van der Waals surface area contributed by atoms with Crippen LogP contribution >= 0.6 is 11.6 Å². The summed E-state index contributed by atoms with van der Waals surface area (Å²) >= 11 is 5.89. The Balaban J connectivity index is 1.82.